The second-order valence-electron chi connectivity index (χ2n) is 7.88. The quantitative estimate of drug-likeness (QED) is 0.299. The molecule has 1 aliphatic rings. The number of anilines is 1. The van der Waals surface area contributed by atoms with Crippen LogP contribution in [0.2, 0.25) is 0 Å². The number of hydrogen-bond acceptors (Lipinski definition) is 2. The lowest BCUT2D eigenvalue weighted by Gasteiger charge is -2.10. The van der Waals surface area contributed by atoms with Gasteiger partial charge in [0.15, 0.2) is 0 Å². The van der Waals surface area contributed by atoms with Crippen molar-refractivity contribution in [3.8, 4) is 0 Å². The van der Waals surface area contributed by atoms with Gasteiger partial charge in [0.1, 0.15) is 0 Å². The van der Waals surface area contributed by atoms with Crippen LogP contribution in [0, 0.1) is 0 Å². The summed E-state index contributed by atoms with van der Waals surface area (Å²) in [5, 5.41) is 6.10. The van der Waals surface area contributed by atoms with Gasteiger partial charge in [-0.3, -0.25) is 4.79 Å². The molecule has 1 heterocycles. The van der Waals surface area contributed by atoms with Crippen molar-refractivity contribution in [3.63, 3.8) is 0 Å². The molecule has 0 saturated heterocycles. The van der Waals surface area contributed by atoms with E-state index in [2.05, 4.69) is 12.0 Å². The fourth-order valence-corrected chi connectivity index (χ4v) is 3.74. The third-order valence-corrected chi connectivity index (χ3v) is 5.40. The summed E-state index contributed by atoms with van der Waals surface area (Å²) in [4.78, 5) is 12.1. The van der Waals surface area contributed by atoms with Gasteiger partial charge in [0, 0.05) is 5.71 Å². The summed E-state index contributed by atoms with van der Waals surface area (Å²) in [6, 6.07) is 9.73. The van der Waals surface area contributed by atoms with Crippen LogP contribution in [0.15, 0.2) is 35.4 Å². The molecular formula is C24H38N2O. The average Bonchev–Trinajstić information content (AvgIpc) is 3.06. The Morgan fingerprint density at radius 3 is 1.85 bits per heavy atom. The molecule has 1 aromatic carbocycles. The molecule has 3 nitrogen and oxygen atoms in total. The lowest BCUT2D eigenvalue weighted by molar-refractivity contribution is -0.116. The van der Waals surface area contributed by atoms with Gasteiger partial charge in [-0.1, -0.05) is 102 Å². The van der Waals surface area contributed by atoms with E-state index in [1.165, 1.54) is 77.0 Å². The lowest BCUT2D eigenvalue weighted by Crippen LogP contribution is -2.19. The minimum atomic E-state index is 0.103. The number of unbranched alkanes of at least 4 members (excludes halogenated alkanes) is 12. The molecule has 0 unspecified atom stereocenters. The van der Waals surface area contributed by atoms with Crippen LogP contribution in [0.4, 0.5) is 5.69 Å². The van der Waals surface area contributed by atoms with Crippen molar-refractivity contribution >= 4 is 17.3 Å². The molecule has 0 spiro atoms. The summed E-state index contributed by atoms with van der Waals surface area (Å²) < 4.78 is 0. The molecule has 0 radical (unpaired) electrons. The first kappa shape index (κ1) is 21.7. The molecule has 1 amide bonds. The monoisotopic (exact) mass is 370 g/mol. The summed E-state index contributed by atoms with van der Waals surface area (Å²) >= 11 is 0. The summed E-state index contributed by atoms with van der Waals surface area (Å²) in [6.07, 6.45) is 19.2. The lowest BCUT2D eigenvalue weighted by atomic mass is 10.0. The highest BCUT2D eigenvalue weighted by Crippen LogP contribution is 2.22. The molecule has 150 valence electrons. The number of rotatable bonds is 15. The van der Waals surface area contributed by atoms with Crippen molar-refractivity contribution in [1.82, 2.24) is 0 Å². The Hall–Kier alpha value is -1.64. The van der Waals surface area contributed by atoms with E-state index in [1.807, 2.05) is 30.3 Å². The average molecular weight is 371 g/mol. The zero-order valence-electron chi connectivity index (χ0n) is 17.3. The van der Waals surface area contributed by atoms with Gasteiger partial charge < -0.3 is 0 Å². The Labute approximate surface area is 166 Å². The molecule has 0 saturated carbocycles. The number of carbonyl (C=O) groups is 1. The van der Waals surface area contributed by atoms with Crippen molar-refractivity contribution in [3.05, 3.63) is 30.3 Å². The molecule has 0 fully saturated rings. The molecule has 3 heteroatoms. The number of amides is 1. The van der Waals surface area contributed by atoms with Gasteiger partial charge in [0.2, 0.25) is 0 Å². The van der Waals surface area contributed by atoms with E-state index >= 15 is 0 Å². The second-order valence-corrected chi connectivity index (χ2v) is 7.88. The van der Waals surface area contributed by atoms with Crippen molar-refractivity contribution in [1.29, 1.82) is 0 Å². The minimum absolute atomic E-state index is 0.103. The molecule has 2 rings (SSSR count). The Kier molecular flexibility index (Phi) is 10.8. The van der Waals surface area contributed by atoms with Gasteiger partial charge >= 0.3 is 0 Å². The maximum Gasteiger partial charge on any atom is 0.253 e. The Morgan fingerprint density at radius 1 is 0.778 bits per heavy atom. The smallest absolute Gasteiger partial charge is 0.253 e. The van der Waals surface area contributed by atoms with E-state index in [9.17, 15) is 4.79 Å². The highest BCUT2D eigenvalue weighted by Gasteiger charge is 2.24. The second kappa shape index (κ2) is 13.5. The number of nitrogens with zero attached hydrogens (tertiary/aromatic N) is 2. The van der Waals surface area contributed by atoms with Gasteiger partial charge in [-0.25, -0.2) is 5.01 Å². The van der Waals surface area contributed by atoms with E-state index in [1.54, 1.807) is 5.01 Å². The van der Waals surface area contributed by atoms with E-state index in [4.69, 9.17) is 0 Å². The third kappa shape index (κ3) is 8.73. The molecule has 27 heavy (non-hydrogen) atoms. The molecule has 1 aromatic rings. The molecule has 0 bridgehead atoms. The van der Waals surface area contributed by atoms with Crippen LogP contribution in [0.1, 0.15) is 103 Å². The summed E-state index contributed by atoms with van der Waals surface area (Å²) in [7, 11) is 0. The van der Waals surface area contributed by atoms with Gasteiger partial charge in [-0.2, -0.15) is 5.10 Å². The number of hydrogen-bond donors (Lipinski definition) is 0. The van der Waals surface area contributed by atoms with Gasteiger partial charge in [0.05, 0.1) is 12.1 Å². The topological polar surface area (TPSA) is 32.7 Å². The Morgan fingerprint density at radius 2 is 1.30 bits per heavy atom. The van der Waals surface area contributed by atoms with Crippen LogP contribution in [-0.2, 0) is 4.79 Å². The Balaban J connectivity index is 1.45. The molecular weight excluding hydrogens is 332 g/mol. The van der Waals surface area contributed by atoms with Crippen molar-refractivity contribution < 1.29 is 4.79 Å². The number of para-hydroxylation sites is 1. The highest BCUT2D eigenvalue weighted by molar-refractivity contribution is 6.12. The van der Waals surface area contributed by atoms with Crippen molar-refractivity contribution in [2.75, 3.05) is 5.01 Å². The summed E-state index contributed by atoms with van der Waals surface area (Å²) in [5.41, 5.74) is 1.93. The molecule has 0 aliphatic carbocycles. The highest BCUT2D eigenvalue weighted by atomic mass is 16.2. The number of hydrazone groups is 1. The fraction of sp³-hybridized carbons (Fsp3) is 0.667. The van der Waals surface area contributed by atoms with E-state index in [0.29, 0.717) is 6.42 Å². The first-order chi connectivity index (χ1) is 13.3. The number of carbonyl (C=O) groups excluding carboxylic acids is 1. The van der Waals surface area contributed by atoms with Crippen LogP contribution in [0.5, 0.6) is 0 Å². The zero-order valence-corrected chi connectivity index (χ0v) is 17.3. The first-order valence-corrected chi connectivity index (χ1v) is 11.3. The molecule has 0 aromatic heterocycles. The molecule has 0 atom stereocenters. The van der Waals surface area contributed by atoms with E-state index in [-0.39, 0.29) is 5.91 Å². The predicted molar refractivity (Wildman–Crippen MR) is 116 cm³/mol. The largest absolute Gasteiger partial charge is 0.272 e. The van der Waals surface area contributed by atoms with Gasteiger partial charge in [-0.05, 0) is 25.0 Å². The van der Waals surface area contributed by atoms with Crippen LogP contribution in [-0.4, -0.2) is 11.6 Å². The Bertz CT molecular complexity index is 553. The first-order valence-electron chi connectivity index (χ1n) is 11.3. The van der Waals surface area contributed by atoms with E-state index < -0.39 is 0 Å². The van der Waals surface area contributed by atoms with E-state index in [0.717, 1.165) is 24.2 Å². The SMILES string of the molecule is CCCCCCCCCCCCCCCC1=NN(c2ccccc2)C(=O)C1. The standard InChI is InChI=1S/C24H38N2O/c1-2-3-4-5-6-7-8-9-10-11-12-13-15-18-22-21-24(27)26(25-22)23-19-16-14-17-20-23/h14,16-17,19-20H,2-13,15,18,21H2,1H3. The summed E-state index contributed by atoms with van der Waals surface area (Å²) in [6.45, 7) is 2.28. The van der Waals surface area contributed by atoms with Crippen LogP contribution < -0.4 is 5.01 Å². The maximum absolute atomic E-state index is 12.1. The predicted octanol–water partition coefficient (Wildman–Crippen LogP) is 7.26. The van der Waals surface area contributed by atoms with Crippen LogP contribution in [0.3, 0.4) is 0 Å². The van der Waals surface area contributed by atoms with Crippen LogP contribution >= 0.6 is 0 Å². The fourth-order valence-electron chi connectivity index (χ4n) is 3.74. The van der Waals surface area contributed by atoms with Crippen molar-refractivity contribution in [2.45, 2.75) is 103 Å². The summed E-state index contributed by atoms with van der Waals surface area (Å²) in [5.74, 6) is 0.103. The normalized spacial score (nSPS) is 14.0. The van der Waals surface area contributed by atoms with Crippen LogP contribution in [0.25, 0.3) is 0 Å². The maximum atomic E-state index is 12.1. The number of benzene rings is 1. The molecule has 1 aliphatic heterocycles. The van der Waals surface area contributed by atoms with Gasteiger partial charge in [-0.15, -0.1) is 0 Å². The van der Waals surface area contributed by atoms with Gasteiger partial charge in [0.25, 0.3) is 5.91 Å². The zero-order chi connectivity index (χ0) is 19.2. The molecule has 0 N–H and O–H groups in total. The van der Waals surface area contributed by atoms with Crippen molar-refractivity contribution in [2.24, 2.45) is 5.10 Å². The minimum Gasteiger partial charge on any atom is -0.272 e. The third-order valence-electron chi connectivity index (χ3n) is 5.40.